The van der Waals surface area contributed by atoms with Gasteiger partial charge in [0.15, 0.2) is 5.75 Å². The molecule has 1 heterocycles. The van der Waals surface area contributed by atoms with E-state index in [9.17, 15) is 14.4 Å². The van der Waals surface area contributed by atoms with Crippen molar-refractivity contribution >= 4 is 78.4 Å². The highest BCUT2D eigenvalue weighted by atomic mass is 79.9. The second kappa shape index (κ2) is 10.9. The molecule has 0 spiro atoms. The average Bonchev–Trinajstić information content (AvgIpc) is 3.01. The minimum atomic E-state index is -1.00. The van der Waals surface area contributed by atoms with Gasteiger partial charge in [-0.15, -0.1) is 0 Å². The summed E-state index contributed by atoms with van der Waals surface area (Å²) >= 11 is 14.0. The highest BCUT2D eigenvalue weighted by molar-refractivity contribution is 9.10. The van der Waals surface area contributed by atoms with Crippen LogP contribution >= 0.6 is 55.2 Å². The Kier molecular flexibility index (Phi) is 8.43. The summed E-state index contributed by atoms with van der Waals surface area (Å²) in [5.41, 5.74) is 1.58. The standard InChI is InChI=1S/C22H18Br2ClNO5S/c1-3-30-21(28)12(2)26-20(27)18(32-22(26)29)10-14-8-16(24)19(17(25)9-14)31-11-13-4-6-15(23)7-5-13/h4-10,12H,3,11H2,1-2H3/b18-10+/t12-/m1/s1. The first-order valence-corrected chi connectivity index (χ1v) is 12.3. The van der Waals surface area contributed by atoms with Crippen molar-refractivity contribution in [2.24, 2.45) is 0 Å². The molecule has 1 aliphatic rings. The van der Waals surface area contributed by atoms with Gasteiger partial charge >= 0.3 is 5.97 Å². The molecule has 3 rings (SSSR count). The van der Waals surface area contributed by atoms with Crippen LogP contribution in [0, 0.1) is 0 Å². The number of rotatable bonds is 7. The first-order chi connectivity index (χ1) is 15.2. The average molecular weight is 604 g/mol. The number of amides is 2. The van der Waals surface area contributed by atoms with Crippen molar-refractivity contribution in [1.82, 2.24) is 4.90 Å². The molecule has 0 saturated carbocycles. The molecule has 0 radical (unpaired) electrons. The lowest BCUT2D eigenvalue weighted by Crippen LogP contribution is -2.42. The Morgan fingerprint density at radius 1 is 1.22 bits per heavy atom. The molecule has 168 valence electrons. The third-order valence-electron chi connectivity index (χ3n) is 4.45. The third-order valence-corrected chi connectivity index (χ3v) is 6.74. The molecule has 6 nitrogen and oxygen atoms in total. The van der Waals surface area contributed by atoms with Crippen LogP contribution in [0.3, 0.4) is 0 Å². The normalized spacial score (nSPS) is 15.9. The van der Waals surface area contributed by atoms with Gasteiger partial charge in [0.05, 0.1) is 21.0 Å². The molecule has 10 heteroatoms. The Bertz CT molecular complexity index is 1070. The van der Waals surface area contributed by atoms with Crippen molar-refractivity contribution in [2.75, 3.05) is 6.61 Å². The van der Waals surface area contributed by atoms with E-state index in [1.165, 1.54) is 6.92 Å². The summed E-state index contributed by atoms with van der Waals surface area (Å²) in [6.07, 6.45) is 1.55. The van der Waals surface area contributed by atoms with Gasteiger partial charge in [0.1, 0.15) is 12.6 Å². The molecule has 1 aliphatic heterocycles. The summed E-state index contributed by atoms with van der Waals surface area (Å²) < 4.78 is 12.4. The number of thioether (sulfide) groups is 1. The number of halogens is 3. The fourth-order valence-electron chi connectivity index (χ4n) is 2.87. The second-order valence-electron chi connectivity index (χ2n) is 6.71. The van der Waals surface area contributed by atoms with Crippen molar-refractivity contribution < 1.29 is 23.9 Å². The molecule has 0 unspecified atom stereocenters. The summed E-state index contributed by atoms with van der Waals surface area (Å²) in [4.78, 5) is 38.1. The van der Waals surface area contributed by atoms with Gasteiger partial charge in [-0.1, -0.05) is 39.7 Å². The molecule has 1 fully saturated rings. The number of carbonyl (C=O) groups is 3. The minimum Gasteiger partial charge on any atom is -0.486 e. The molecular formula is C22H18Br2ClNO5S. The molecule has 2 amide bonds. The van der Waals surface area contributed by atoms with Crippen LogP contribution in [0.5, 0.6) is 5.75 Å². The fraction of sp³-hybridized carbons (Fsp3) is 0.227. The number of carbonyl (C=O) groups excluding carboxylic acids is 3. The molecule has 0 aliphatic carbocycles. The maximum absolute atomic E-state index is 12.7. The smallest absolute Gasteiger partial charge is 0.329 e. The van der Waals surface area contributed by atoms with Crippen LogP contribution in [-0.4, -0.2) is 34.7 Å². The minimum absolute atomic E-state index is 0.165. The van der Waals surface area contributed by atoms with E-state index in [4.69, 9.17) is 21.1 Å². The zero-order chi connectivity index (χ0) is 23.4. The van der Waals surface area contributed by atoms with Crippen LogP contribution in [0.1, 0.15) is 25.0 Å². The van der Waals surface area contributed by atoms with Crippen molar-refractivity contribution in [3.05, 3.63) is 66.4 Å². The Hall–Kier alpha value is -1.81. The van der Waals surface area contributed by atoms with E-state index in [0.717, 1.165) is 26.7 Å². The van der Waals surface area contributed by atoms with Gasteiger partial charge < -0.3 is 9.47 Å². The second-order valence-corrected chi connectivity index (χ2v) is 9.88. The Morgan fingerprint density at radius 3 is 2.53 bits per heavy atom. The van der Waals surface area contributed by atoms with Gasteiger partial charge in [0, 0.05) is 4.47 Å². The maximum atomic E-state index is 12.7. The number of ether oxygens (including phenoxy) is 2. The van der Waals surface area contributed by atoms with Crippen LogP contribution in [0.2, 0.25) is 5.02 Å². The monoisotopic (exact) mass is 601 g/mol. The summed E-state index contributed by atoms with van der Waals surface area (Å²) in [5, 5.41) is -0.178. The lowest BCUT2D eigenvalue weighted by atomic mass is 10.2. The third kappa shape index (κ3) is 5.75. The number of hydrogen-bond acceptors (Lipinski definition) is 6. The molecule has 0 N–H and O–H groups in total. The Balaban J connectivity index is 1.77. The van der Waals surface area contributed by atoms with E-state index >= 15 is 0 Å². The highest BCUT2D eigenvalue weighted by Gasteiger charge is 2.41. The van der Waals surface area contributed by atoms with Gasteiger partial charge in [-0.2, -0.15) is 0 Å². The van der Waals surface area contributed by atoms with E-state index in [-0.39, 0.29) is 11.5 Å². The molecule has 32 heavy (non-hydrogen) atoms. The topological polar surface area (TPSA) is 72.9 Å². The van der Waals surface area contributed by atoms with Gasteiger partial charge in [-0.05, 0) is 83.0 Å². The largest absolute Gasteiger partial charge is 0.486 e. The van der Waals surface area contributed by atoms with Crippen LogP contribution in [0.4, 0.5) is 4.79 Å². The zero-order valence-corrected chi connectivity index (χ0v) is 21.8. The Labute approximate surface area is 211 Å². The number of hydrogen-bond donors (Lipinski definition) is 0. The van der Waals surface area contributed by atoms with Crippen LogP contribution in [0.25, 0.3) is 6.08 Å². The summed E-state index contributed by atoms with van der Waals surface area (Å²) in [6, 6.07) is 10.1. The number of imide groups is 1. The zero-order valence-electron chi connectivity index (χ0n) is 17.1. The van der Waals surface area contributed by atoms with E-state index in [1.54, 1.807) is 25.1 Å². The van der Waals surface area contributed by atoms with Gasteiger partial charge in [0.2, 0.25) is 0 Å². The fourth-order valence-corrected chi connectivity index (χ4v) is 5.03. The van der Waals surface area contributed by atoms with Gasteiger partial charge in [-0.3, -0.25) is 14.5 Å². The summed E-state index contributed by atoms with van der Waals surface area (Å²) in [7, 11) is 0. The van der Waals surface area contributed by atoms with Crippen molar-refractivity contribution in [1.29, 1.82) is 0 Å². The lowest BCUT2D eigenvalue weighted by molar-refractivity contribution is -0.150. The molecule has 2 aromatic rings. The van der Waals surface area contributed by atoms with Crippen LogP contribution in [-0.2, 0) is 20.9 Å². The van der Waals surface area contributed by atoms with E-state index in [0.29, 0.717) is 27.4 Å². The van der Waals surface area contributed by atoms with Crippen LogP contribution in [0.15, 0.2) is 50.2 Å². The molecule has 0 bridgehead atoms. The van der Waals surface area contributed by atoms with Crippen molar-refractivity contribution in [2.45, 2.75) is 26.5 Å². The first kappa shape index (κ1) is 24.8. The van der Waals surface area contributed by atoms with E-state index < -0.39 is 23.2 Å². The van der Waals surface area contributed by atoms with Crippen molar-refractivity contribution in [3.8, 4) is 5.75 Å². The Morgan fingerprint density at radius 2 is 1.91 bits per heavy atom. The van der Waals surface area contributed by atoms with Crippen molar-refractivity contribution in [3.63, 3.8) is 0 Å². The van der Waals surface area contributed by atoms with Crippen LogP contribution < -0.4 is 4.74 Å². The lowest BCUT2D eigenvalue weighted by Gasteiger charge is -2.19. The predicted octanol–water partition coefficient (Wildman–Crippen LogP) is 6.43. The SMILES string of the molecule is CCOC(=O)[C@@H](C)N1C(=O)S/C(=C/c2cc(Cl)c(OCc3ccc(Br)cc3)c(Br)c2)C1=O. The molecule has 0 aromatic heterocycles. The van der Waals surface area contributed by atoms with Gasteiger partial charge in [0.25, 0.3) is 11.1 Å². The predicted molar refractivity (Wildman–Crippen MR) is 132 cm³/mol. The highest BCUT2D eigenvalue weighted by Crippen LogP contribution is 2.38. The van der Waals surface area contributed by atoms with Gasteiger partial charge in [-0.25, -0.2) is 4.79 Å². The summed E-state index contributed by atoms with van der Waals surface area (Å²) in [5.74, 6) is -0.715. The first-order valence-electron chi connectivity index (χ1n) is 9.51. The molecule has 1 atom stereocenters. The number of nitrogens with zero attached hydrogens (tertiary/aromatic N) is 1. The number of benzene rings is 2. The quantitative estimate of drug-likeness (QED) is 0.268. The molecule has 1 saturated heterocycles. The molecular weight excluding hydrogens is 586 g/mol. The van der Waals surface area contributed by atoms with E-state index in [2.05, 4.69) is 31.9 Å². The molecule has 2 aromatic carbocycles. The summed E-state index contributed by atoms with van der Waals surface area (Å²) in [6.45, 7) is 3.61. The maximum Gasteiger partial charge on any atom is 0.329 e. The van der Waals surface area contributed by atoms with E-state index in [1.807, 2.05) is 24.3 Å². The number of esters is 1.